The number of benzene rings is 3. The smallest absolute Gasteiger partial charge is 0.125 e. The summed E-state index contributed by atoms with van der Waals surface area (Å²) in [6.45, 7) is 12.3. The SMILES string of the molecule is Cc1cc(C)c(OCC(O)COc2ccc(C(C)(C)c3ccc(OCC4CO4)cc3)cc2)c(C)c1. The first-order valence-electron chi connectivity index (χ1n) is 12.2. The Morgan fingerprint density at radius 3 is 1.83 bits per heavy atom. The zero-order valence-corrected chi connectivity index (χ0v) is 21.3. The molecule has 0 saturated carbocycles. The van der Waals surface area contributed by atoms with E-state index in [1.54, 1.807) is 0 Å². The third kappa shape index (κ3) is 6.56. The fourth-order valence-corrected chi connectivity index (χ4v) is 4.27. The lowest BCUT2D eigenvalue weighted by atomic mass is 9.78. The van der Waals surface area contributed by atoms with E-state index in [1.807, 2.05) is 38.1 Å². The third-order valence-corrected chi connectivity index (χ3v) is 6.46. The van der Waals surface area contributed by atoms with Crippen molar-refractivity contribution in [3.8, 4) is 17.2 Å². The van der Waals surface area contributed by atoms with E-state index in [0.717, 1.165) is 35.0 Å². The normalized spacial score (nSPS) is 16.0. The number of rotatable bonds is 11. The standard InChI is InChI=1S/C30H36O5/c1-20-14-21(2)29(22(3)15-20)35-17-25(31)16-32-26-10-6-23(7-11-26)30(4,5)24-8-12-27(13-9-24)33-18-28-19-34-28/h6-15,25,28,31H,16-19H2,1-5H3. The lowest BCUT2D eigenvalue weighted by Gasteiger charge is -2.26. The van der Waals surface area contributed by atoms with Gasteiger partial charge in [0, 0.05) is 5.41 Å². The lowest BCUT2D eigenvalue weighted by molar-refractivity contribution is 0.0621. The maximum atomic E-state index is 10.4. The zero-order valence-electron chi connectivity index (χ0n) is 21.3. The van der Waals surface area contributed by atoms with Crippen molar-refractivity contribution in [2.75, 3.05) is 26.4 Å². The average Bonchev–Trinajstić information content (AvgIpc) is 3.66. The monoisotopic (exact) mass is 476 g/mol. The van der Waals surface area contributed by atoms with Gasteiger partial charge < -0.3 is 24.1 Å². The van der Waals surface area contributed by atoms with Crippen LogP contribution in [0.25, 0.3) is 0 Å². The van der Waals surface area contributed by atoms with Gasteiger partial charge in [-0.15, -0.1) is 0 Å². The van der Waals surface area contributed by atoms with Gasteiger partial charge in [0.1, 0.15) is 49.3 Å². The second-order valence-corrected chi connectivity index (χ2v) is 9.94. The first-order valence-corrected chi connectivity index (χ1v) is 12.2. The lowest BCUT2D eigenvalue weighted by Crippen LogP contribution is -2.25. The van der Waals surface area contributed by atoms with Crippen molar-refractivity contribution < 1.29 is 24.1 Å². The molecule has 0 aliphatic carbocycles. The Morgan fingerprint density at radius 2 is 1.31 bits per heavy atom. The van der Waals surface area contributed by atoms with Crippen LogP contribution in [0.4, 0.5) is 0 Å². The fraction of sp³-hybridized carbons (Fsp3) is 0.400. The van der Waals surface area contributed by atoms with Crippen LogP contribution in [0, 0.1) is 20.8 Å². The maximum absolute atomic E-state index is 10.4. The van der Waals surface area contributed by atoms with Crippen LogP contribution in [0.1, 0.15) is 41.7 Å². The van der Waals surface area contributed by atoms with E-state index in [1.165, 1.54) is 16.7 Å². The second kappa shape index (κ2) is 10.7. The van der Waals surface area contributed by atoms with E-state index < -0.39 is 6.10 Å². The third-order valence-electron chi connectivity index (χ3n) is 6.46. The average molecular weight is 477 g/mol. The topological polar surface area (TPSA) is 60.5 Å². The molecule has 186 valence electrons. The van der Waals surface area contributed by atoms with Gasteiger partial charge in [-0.1, -0.05) is 55.8 Å². The van der Waals surface area contributed by atoms with Crippen molar-refractivity contribution in [1.82, 2.24) is 0 Å². The summed E-state index contributed by atoms with van der Waals surface area (Å²) in [5.41, 5.74) is 5.56. The molecule has 1 N–H and O–H groups in total. The summed E-state index contributed by atoms with van der Waals surface area (Å²) in [6, 6.07) is 20.5. The first kappa shape index (κ1) is 25.1. The minimum atomic E-state index is -0.724. The Labute approximate surface area is 208 Å². The molecule has 3 aromatic carbocycles. The van der Waals surface area contributed by atoms with Gasteiger partial charge in [-0.25, -0.2) is 0 Å². The van der Waals surface area contributed by atoms with Gasteiger partial charge in [-0.2, -0.15) is 0 Å². The molecular weight excluding hydrogens is 440 g/mol. The molecule has 0 radical (unpaired) electrons. The van der Waals surface area contributed by atoms with Gasteiger partial charge in [-0.05, 0) is 67.3 Å². The summed E-state index contributed by atoms with van der Waals surface area (Å²) < 4.78 is 22.6. The van der Waals surface area contributed by atoms with Gasteiger partial charge in [0.2, 0.25) is 0 Å². The highest BCUT2D eigenvalue weighted by molar-refractivity contribution is 5.43. The molecule has 3 aromatic rings. The number of aliphatic hydroxyl groups excluding tert-OH is 1. The van der Waals surface area contributed by atoms with E-state index in [2.05, 4.69) is 57.2 Å². The van der Waals surface area contributed by atoms with Gasteiger partial charge >= 0.3 is 0 Å². The van der Waals surface area contributed by atoms with E-state index in [4.69, 9.17) is 18.9 Å². The Bertz CT molecular complexity index is 1090. The molecule has 1 aliphatic rings. The van der Waals surface area contributed by atoms with Crippen LogP contribution in [0.3, 0.4) is 0 Å². The summed E-state index contributed by atoms with van der Waals surface area (Å²) in [5, 5.41) is 10.4. The highest BCUT2D eigenvalue weighted by atomic mass is 16.6. The largest absolute Gasteiger partial charge is 0.491 e. The molecule has 5 nitrogen and oxygen atoms in total. The second-order valence-electron chi connectivity index (χ2n) is 9.94. The molecule has 1 fully saturated rings. The van der Waals surface area contributed by atoms with Gasteiger partial charge in [-0.3, -0.25) is 0 Å². The van der Waals surface area contributed by atoms with Crippen molar-refractivity contribution >= 4 is 0 Å². The van der Waals surface area contributed by atoms with Crippen LogP contribution in [0.5, 0.6) is 17.2 Å². The number of hydrogen-bond acceptors (Lipinski definition) is 5. The van der Waals surface area contributed by atoms with E-state index >= 15 is 0 Å². The van der Waals surface area contributed by atoms with E-state index in [0.29, 0.717) is 6.61 Å². The fourth-order valence-electron chi connectivity index (χ4n) is 4.27. The van der Waals surface area contributed by atoms with Crippen LogP contribution in [-0.2, 0) is 10.2 Å². The number of hydrogen-bond donors (Lipinski definition) is 1. The van der Waals surface area contributed by atoms with Crippen molar-refractivity contribution in [2.45, 2.75) is 52.2 Å². The molecule has 35 heavy (non-hydrogen) atoms. The quantitative estimate of drug-likeness (QED) is 0.369. The van der Waals surface area contributed by atoms with Gasteiger partial charge in [0.25, 0.3) is 0 Å². The molecular formula is C30H36O5. The molecule has 0 spiro atoms. The number of aliphatic hydroxyl groups is 1. The molecule has 1 saturated heterocycles. The molecule has 0 bridgehead atoms. The van der Waals surface area contributed by atoms with Crippen molar-refractivity contribution in [3.05, 3.63) is 88.5 Å². The van der Waals surface area contributed by atoms with E-state index in [9.17, 15) is 5.11 Å². The summed E-state index contributed by atoms with van der Waals surface area (Å²) in [4.78, 5) is 0. The molecule has 0 amide bonds. The predicted octanol–water partition coefficient (Wildman–Crippen LogP) is 5.53. The molecule has 2 atom stereocenters. The summed E-state index contributed by atoms with van der Waals surface area (Å²) in [6.07, 6.45) is -0.472. The highest BCUT2D eigenvalue weighted by Crippen LogP contribution is 2.33. The van der Waals surface area contributed by atoms with Gasteiger partial charge in [0.15, 0.2) is 0 Å². The maximum Gasteiger partial charge on any atom is 0.125 e. The Morgan fingerprint density at radius 1 is 0.829 bits per heavy atom. The summed E-state index contributed by atoms with van der Waals surface area (Å²) in [7, 11) is 0. The Kier molecular flexibility index (Phi) is 7.68. The first-order chi connectivity index (χ1) is 16.7. The summed E-state index contributed by atoms with van der Waals surface area (Å²) >= 11 is 0. The highest BCUT2D eigenvalue weighted by Gasteiger charge is 2.25. The predicted molar refractivity (Wildman–Crippen MR) is 138 cm³/mol. The zero-order chi connectivity index (χ0) is 25.0. The molecule has 1 heterocycles. The number of epoxide rings is 1. The molecule has 2 unspecified atom stereocenters. The van der Waals surface area contributed by atoms with Crippen molar-refractivity contribution in [1.29, 1.82) is 0 Å². The van der Waals surface area contributed by atoms with Crippen molar-refractivity contribution in [2.24, 2.45) is 0 Å². The number of aryl methyl sites for hydroxylation is 3. The minimum absolute atomic E-state index is 0.167. The Balaban J connectivity index is 1.29. The Hall–Kier alpha value is -3.02. The van der Waals surface area contributed by atoms with Crippen LogP contribution in [-0.4, -0.2) is 43.7 Å². The van der Waals surface area contributed by atoms with Crippen molar-refractivity contribution in [3.63, 3.8) is 0 Å². The molecule has 1 aliphatic heterocycles. The molecule has 5 heteroatoms. The molecule has 0 aromatic heterocycles. The molecule has 4 rings (SSSR count). The van der Waals surface area contributed by atoms with Crippen LogP contribution >= 0.6 is 0 Å². The van der Waals surface area contributed by atoms with Crippen LogP contribution in [0.2, 0.25) is 0 Å². The van der Waals surface area contributed by atoms with Gasteiger partial charge in [0.05, 0.1) is 6.61 Å². The van der Waals surface area contributed by atoms with Crippen LogP contribution in [0.15, 0.2) is 60.7 Å². The van der Waals surface area contributed by atoms with E-state index in [-0.39, 0.29) is 24.7 Å². The minimum Gasteiger partial charge on any atom is -0.491 e. The number of ether oxygens (including phenoxy) is 4. The summed E-state index contributed by atoms with van der Waals surface area (Å²) in [5.74, 6) is 2.41. The van der Waals surface area contributed by atoms with Crippen LogP contribution < -0.4 is 14.2 Å².